The van der Waals surface area contributed by atoms with Crippen molar-refractivity contribution in [2.24, 2.45) is 5.92 Å². The summed E-state index contributed by atoms with van der Waals surface area (Å²) in [4.78, 5) is 26.4. The van der Waals surface area contributed by atoms with Crippen LogP contribution in [0.2, 0.25) is 0 Å². The molecule has 102 valence electrons. The quantitative estimate of drug-likeness (QED) is 0.831. The van der Waals surface area contributed by atoms with Crippen LogP contribution in [0, 0.1) is 5.92 Å². The van der Waals surface area contributed by atoms with Crippen molar-refractivity contribution in [1.29, 1.82) is 0 Å². The van der Waals surface area contributed by atoms with Crippen molar-refractivity contribution >= 4 is 11.8 Å². The Bertz CT molecular complexity index is 343. The van der Waals surface area contributed by atoms with Gasteiger partial charge in [0.1, 0.15) is 12.1 Å². The van der Waals surface area contributed by atoms with E-state index in [1.54, 1.807) is 0 Å². The normalized spacial score (nSPS) is 36.9. The zero-order valence-electron chi connectivity index (χ0n) is 11.6. The molecule has 0 aromatic rings. The lowest BCUT2D eigenvalue weighted by Crippen LogP contribution is -2.65. The van der Waals surface area contributed by atoms with E-state index < -0.39 is 0 Å². The van der Waals surface area contributed by atoms with Crippen molar-refractivity contribution in [1.82, 2.24) is 10.2 Å². The van der Waals surface area contributed by atoms with Crippen molar-refractivity contribution in [3.8, 4) is 0 Å². The van der Waals surface area contributed by atoms with E-state index in [-0.39, 0.29) is 29.9 Å². The molecule has 2 fully saturated rings. The van der Waals surface area contributed by atoms with Gasteiger partial charge in [0.15, 0.2) is 0 Å². The maximum Gasteiger partial charge on any atom is 0.246 e. The molecule has 2 aliphatic rings. The number of rotatable bonds is 3. The number of hydrogen-bond donors (Lipinski definition) is 1. The summed E-state index contributed by atoms with van der Waals surface area (Å²) >= 11 is 0. The van der Waals surface area contributed by atoms with Gasteiger partial charge in [0.2, 0.25) is 11.8 Å². The van der Waals surface area contributed by atoms with E-state index in [2.05, 4.69) is 12.2 Å². The highest BCUT2D eigenvalue weighted by Crippen LogP contribution is 2.32. The van der Waals surface area contributed by atoms with E-state index in [1.165, 1.54) is 12.8 Å². The van der Waals surface area contributed by atoms with Crippen LogP contribution in [0.3, 0.4) is 0 Å². The number of amides is 2. The van der Waals surface area contributed by atoms with E-state index in [4.69, 9.17) is 0 Å². The van der Waals surface area contributed by atoms with Gasteiger partial charge < -0.3 is 10.2 Å². The molecule has 0 radical (unpaired) electrons. The van der Waals surface area contributed by atoms with Gasteiger partial charge in [-0.15, -0.1) is 0 Å². The van der Waals surface area contributed by atoms with E-state index in [9.17, 15) is 9.59 Å². The number of nitrogens with zero attached hydrogens (tertiary/aromatic N) is 1. The Hall–Kier alpha value is -1.06. The van der Waals surface area contributed by atoms with Crippen molar-refractivity contribution in [3.05, 3.63) is 0 Å². The molecule has 1 aliphatic heterocycles. The van der Waals surface area contributed by atoms with Gasteiger partial charge in [0.25, 0.3) is 0 Å². The Morgan fingerprint density at radius 2 is 2.00 bits per heavy atom. The minimum Gasteiger partial charge on any atom is -0.343 e. The Morgan fingerprint density at radius 1 is 1.28 bits per heavy atom. The van der Waals surface area contributed by atoms with Crippen LogP contribution in [-0.2, 0) is 9.59 Å². The second-order valence-electron chi connectivity index (χ2n) is 5.75. The van der Waals surface area contributed by atoms with Gasteiger partial charge >= 0.3 is 0 Å². The molecule has 0 aromatic carbocycles. The molecule has 4 heteroatoms. The van der Waals surface area contributed by atoms with E-state index >= 15 is 0 Å². The van der Waals surface area contributed by atoms with Crippen LogP contribution in [0.4, 0.5) is 0 Å². The summed E-state index contributed by atoms with van der Waals surface area (Å²) in [5.41, 5.74) is 0. The molecule has 2 amide bonds. The second kappa shape index (κ2) is 5.29. The largest absolute Gasteiger partial charge is 0.343 e. The number of hydrogen-bond acceptors (Lipinski definition) is 2. The lowest BCUT2D eigenvalue weighted by molar-refractivity contribution is -0.152. The Kier molecular flexibility index (Phi) is 3.93. The van der Waals surface area contributed by atoms with Crippen LogP contribution < -0.4 is 5.32 Å². The van der Waals surface area contributed by atoms with E-state index in [0.29, 0.717) is 5.92 Å². The number of carbonyl (C=O) groups is 2. The highest BCUT2D eigenvalue weighted by molar-refractivity contribution is 5.96. The summed E-state index contributed by atoms with van der Waals surface area (Å²) in [7, 11) is 0. The molecule has 0 aromatic heterocycles. The molecular weight excluding hydrogens is 228 g/mol. The van der Waals surface area contributed by atoms with Crippen LogP contribution in [0.15, 0.2) is 0 Å². The summed E-state index contributed by atoms with van der Waals surface area (Å²) in [5, 5.41) is 2.85. The molecule has 18 heavy (non-hydrogen) atoms. The molecule has 2 rings (SSSR count). The summed E-state index contributed by atoms with van der Waals surface area (Å²) < 4.78 is 0. The monoisotopic (exact) mass is 252 g/mol. The fourth-order valence-corrected chi connectivity index (χ4v) is 3.33. The maximum atomic E-state index is 12.5. The van der Waals surface area contributed by atoms with Gasteiger partial charge in [-0.2, -0.15) is 0 Å². The fraction of sp³-hybridized carbons (Fsp3) is 0.857. The zero-order valence-corrected chi connectivity index (χ0v) is 11.6. The number of piperazine rings is 1. The van der Waals surface area contributed by atoms with Gasteiger partial charge in [-0.25, -0.2) is 0 Å². The molecule has 1 N–H and O–H groups in total. The first-order valence-corrected chi connectivity index (χ1v) is 7.18. The molecule has 4 atom stereocenters. The van der Waals surface area contributed by atoms with Crippen molar-refractivity contribution in [2.75, 3.05) is 0 Å². The lowest BCUT2D eigenvalue weighted by Gasteiger charge is -2.42. The first-order valence-electron chi connectivity index (χ1n) is 7.18. The van der Waals surface area contributed by atoms with Crippen LogP contribution in [-0.4, -0.2) is 34.8 Å². The number of carbonyl (C=O) groups excluding carboxylic acids is 2. The molecule has 0 bridgehead atoms. The standard InChI is InChI=1S/C14H24N2O2/c1-4-6-11-14(18)16(10(3)13(17)15-11)12-8-5-7-9(12)2/h9-12H,4-8H2,1-3H3,(H,15,17). The third kappa shape index (κ3) is 2.25. The van der Waals surface area contributed by atoms with Crippen LogP contribution in [0.1, 0.15) is 52.9 Å². The molecule has 1 aliphatic carbocycles. The molecule has 4 nitrogen and oxygen atoms in total. The molecule has 1 saturated heterocycles. The topological polar surface area (TPSA) is 49.4 Å². The van der Waals surface area contributed by atoms with Crippen LogP contribution in [0.25, 0.3) is 0 Å². The summed E-state index contributed by atoms with van der Waals surface area (Å²) in [6.07, 6.45) is 5.04. The molecule has 0 spiro atoms. The van der Waals surface area contributed by atoms with Crippen molar-refractivity contribution in [2.45, 2.75) is 71.0 Å². The predicted molar refractivity (Wildman–Crippen MR) is 69.9 cm³/mol. The van der Waals surface area contributed by atoms with Crippen LogP contribution in [0.5, 0.6) is 0 Å². The van der Waals surface area contributed by atoms with Crippen molar-refractivity contribution < 1.29 is 9.59 Å². The van der Waals surface area contributed by atoms with Crippen molar-refractivity contribution in [3.63, 3.8) is 0 Å². The van der Waals surface area contributed by atoms with Gasteiger partial charge in [-0.05, 0) is 32.1 Å². The fourth-order valence-electron chi connectivity index (χ4n) is 3.33. The van der Waals surface area contributed by atoms with E-state index in [0.717, 1.165) is 19.3 Å². The Balaban J connectivity index is 2.19. The SMILES string of the molecule is CCCC1NC(=O)C(C)N(C2CCCC2C)C1=O. The van der Waals surface area contributed by atoms with Gasteiger partial charge in [-0.3, -0.25) is 9.59 Å². The average Bonchev–Trinajstić information content (AvgIpc) is 2.73. The summed E-state index contributed by atoms with van der Waals surface area (Å²) in [6, 6.07) is -0.347. The predicted octanol–water partition coefficient (Wildman–Crippen LogP) is 1.69. The minimum absolute atomic E-state index is 0.00662. The zero-order chi connectivity index (χ0) is 13.3. The van der Waals surface area contributed by atoms with E-state index in [1.807, 2.05) is 18.7 Å². The Morgan fingerprint density at radius 3 is 2.56 bits per heavy atom. The third-order valence-corrected chi connectivity index (χ3v) is 4.42. The first-order chi connectivity index (χ1) is 8.56. The highest BCUT2D eigenvalue weighted by atomic mass is 16.2. The maximum absolute atomic E-state index is 12.5. The summed E-state index contributed by atoms with van der Waals surface area (Å²) in [5.74, 6) is 0.652. The van der Waals surface area contributed by atoms with Gasteiger partial charge in [0, 0.05) is 6.04 Å². The molecule has 1 saturated carbocycles. The first kappa shape index (κ1) is 13.4. The smallest absolute Gasteiger partial charge is 0.246 e. The second-order valence-corrected chi connectivity index (χ2v) is 5.75. The third-order valence-electron chi connectivity index (χ3n) is 4.42. The highest BCUT2D eigenvalue weighted by Gasteiger charge is 2.43. The molecule has 1 heterocycles. The average molecular weight is 252 g/mol. The van der Waals surface area contributed by atoms with Gasteiger partial charge in [-0.1, -0.05) is 26.7 Å². The minimum atomic E-state index is -0.309. The summed E-state index contributed by atoms with van der Waals surface area (Å²) in [6.45, 7) is 6.08. The Labute approximate surface area is 109 Å². The van der Waals surface area contributed by atoms with Gasteiger partial charge in [0.05, 0.1) is 0 Å². The molecular formula is C14H24N2O2. The number of nitrogens with one attached hydrogen (secondary N) is 1. The molecule has 4 unspecified atom stereocenters. The van der Waals surface area contributed by atoms with Crippen LogP contribution >= 0.6 is 0 Å². The lowest BCUT2D eigenvalue weighted by atomic mass is 9.97.